The lowest BCUT2D eigenvalue weighted by Crippen LogP contribution is -2.78. The number of carbonyl (C=O) groups is 2. The lowest BCUT2D eigenvalue weighted by atomic mass is 9.67. The van der Waals surface area contributed by atoms with Crippen LogP contribution < -0.4 is 4.74 Å². The van der Waals surface area contributed by atoms with Gasteiger partial charge >= 0.3 is 6.03 Å². The lowest BCUT2D eigenvalue weighted by molar-refractivity contribution is -0.243. The van der Waals surface area contributed by atoms with Gasteiger partial charge in [-0.25, -0.2) is 4.79 Å². The van der Waals surface area contributed by atoms with Crippen LogP contribution in [-0.4, -0.2) is 52.3 Å². The number of aliphatic hydroxyl groups is 1. The molecule has 0 radical (unpaired) electrons. The fraction of sp³-hybridized carbons (Fsp3) is 0.600. The van der Waals surface area contributed by atoms with E-state index in [0.717, 1.165) is 16.2 Å². The number of urea groups is 1. The zero-order valence-corrected chi connectivity index (χ0v) is 15.8. The summed E-state index contributed by atoms with van der Waals surface area (Å²) in [5.74, 6) is 0.626. The molecule has 0 unspecified atom stereocenters. The Morgan fingerprint density at radius 1 is 1.19 bits per heavy atom. The number of fused-ring (bicyclic) bond motifs is 3. The van der Waals surface area contributed by atoms with Gasteiger partial charge in [-0.05, 0) is 36.8 Å². The van der Waals surface area contributed by atoms with Gasteiger partial charge in [-0.2, -0.15) is 0 Å². The largest absolute Gasteiger partial charge is 0.482 e. The van der Waals surface area contributed by atoms with E-state index in [1.165, 1.54) is 11.9 Å². The Hall–Kier alpha value is -2.08. The number of rotatable bonds is 2. The van der Waals surface area contributed by atoms with E-state index in [1.807, 2.05) is 38.1 Å². The molecule has 0 aromatic heterocycles. The molecule has 6 heteroatoms. The van der Waals surface area contributed by atoms with Crippen molar-refractivity contribution in [1.29, 1.82) is 0 Å². The molecule has 1 aliphatic carbocycles. The molecule has 1 aromatic rings. The maximum absolute atomic E-state index is 13.3. The molecule has 1 saturated heterocycles. The molecule has 3 aliphatic rings. The number of benzene rings is 1. The molecule has 140 valence electrons. The van der Waals surface area contributed by atoms with Crippen LogP contribution in [0.2, 0.25) is 0 Å². The topological polar surface area (TPSA) is 70.1 Å². The number of hydrogen-bond acceptors (Lipinski definition) is 4. The summed E-state index contributed by atoms with van der Waals surface area (Å²) < 4.78 is 6.32. The minimum Gasteiger partial charge on any atom is -0.482 e. The molecule has 1 saturated carbocycles. The van der Waals surface area contributed by atoms with Gasteiger partial charge in [0.05, 0.1) is 0 Å². The molecule has 2 aliphatic heterocycles. The summed E-state index contributed by atoms with van der Waals surface area (Å²) in [7, 11) is 3.08. The third kappa shape index (κ3) is 1.80. The average Bonchev–Trinajstić information content (AvgIpc) is 3.10. The van der Waals surface area contributed by atoms with Gasteiger partial charge in [-0.3, -0.25) is 14.6 Å². The fourth-order valence-corrected chi connectivity index (χ4v) is 5.52. The van der Waals surface area contributed by atoms with Crippen LogP contribution >= 0.6 is 0 Å². The number of ether oxygens (including phenoxy) is 1. The van der Waals surface area contributed by atoms with Crippen molar-refractivity contribution in [2.45, 2.75) is 50.9 Å². The molecule has 0 bridgehead atoms. The zero-order valence-electron chi connectivity index (χ0n) is 15.8. The van der Waals surface area contributed by atoms with E-state index in [4.69, 9.17) is 4.74 Å². The summed E-state index contributed by atoms with van der Waals surface area (Å²) in [4.78, 5) is 28.5. The maximum atomic E-state index is 13.3. The Labute approximate surface area is 153 Å². The summed E-state index contributed by atoms with van der Waals surface area (Å²) in [5.41, 5.74) is -2.72. The number of amides is 3. The number of imide groups is 1. The second kappa shape index (κ2) is 5.22. The monoisotopic (exact) mass is 358 g/mol. The van der Waals surface area contributed by atoms with E-state index in [-0.39, 0.29) is 11.8 Å². The van der Waals surface area contributed by atoms with Gasteiger partial charge in [0.15, 0.2) is 11.3 Å². The third-order valence-electron chi connectivity index (χ3n) is 6.54. The fourth-order valence-electron chi connectivity index (χ4n) is 5.52. The van der Waals surface area contributed by atoms with Crippen LogP contribution in [0.3, 0.4) is 0 Å². The van der Waals surface area contributed by atoms with Crippen molar-refractivity contribution in [3.63, 3.8) is 0 Å². The van der Waals surface area contributed by atoms with E-state index in [1.54, 1.807) is 7.05 Å². The number of nitrogens with zero attached hydrogens (tertiary/aromatic N) is 2. The van der Waals surface area contributed by atoms with Crippen molar-refractivity contribution in [2.75, 3.05) is 14.1 Å². The summed E-state index contributed by atoms with van der Waals surface area (Å²) in [5, 5.41) is 12.1. The highest BCUT2D eigenvalue weighted by Crippen LogP contribution is 2.63. The quantitative estimate of drug-likeness (QED) is 0.881. The minimum atomic E-state index is -1.68. The first-order chi connectivity index (χ1) is 12.2. The van der Waals surface area contributed by atoms with E-state index in [0.29, 0.717) is 25.7 Å². The molecular formula is C20H26N2O4. The van der Waals surface area contributed by atoms with E-state index in [2.05, 4.69) is 0 Å². The Morgan fingerprint density at radius 3 is 2.54 bits per heavy atom. The molecule has 4 rings (SSSR count). The highest BCUT2D eigenvalue weighted by molar-refractivity contribution is 6.01. The predicted molar refractivity (Wildman–Crippen MR) is 95.5 cm³/mol. The Bertz CT molecular complexity index is 767. The number of likely N-dealkylation sites (N-methyl/N-ethyl adjacent to an activating group) is 1. The molecular weight excluding hydrogens is 332 g/mol. The van der Waals surface area contributed by atoms with Crippen molar-refractivity contribution >= 4 is 11.9 Å². The molecule has 6 nitrogen and oxygen atoms in total. The van der Waals surface area contributed by atoms with E-state index < -0.39 is 22.8 Å². The van der Waals surface area contributed by atoms with Gasteiger partial charge in [-0.15, -0.1) is 0 Å². The summed E-state index contributed by atoms with van der Waals surface area (Å²) >= 11 is 0. The Balaban J connectivity index is 1.89. The minimum absolute atomic E-state index is 0.194. The van der Waals surface area contributed by atoms with Crippen LogP contribution in [-0.2, 0) is 11.2 Å². The van der Waals surface area contributed by atoms with Gasteiger partial charge in [0.2, 0.25) is 5.91 Å². The van der Waals surface area contributed by atoms with Crippen LogP contribution in [0, 0.1) is 11.3 Å². The van der Waals surface area contributed by atoms with Crippen LogP contribution in [0.25, 0.3) is 0 Å². The first kappa shape index (κ1) is 17.3. The molecule has 1 aromatic carbocycles. The highest BCUT2D eigenvalue weighted by atomic mass is 16.5. The van der Waals surface area contributed by atoms with Gasteiger partial charge in [0.1, 0.15) is 11.2 Å². The second-order valence-electron chi connectivity index (χ2n) is 8.44. The van der Waals surface area contributed by atoms with Crippen molar-refractivity contribution in [3.8, 4) is 5.75 Å². The Morgan fingerprint density at radius 2 is 1.88 bits per heavy atom. The predicted octanol–water partition coefficient (Wildman–Crippen LogP) is 2.40. The third-order valence-corrected chi connectivity index (χ3v) is 6.54. The van der Waals surface area contributed by atoms with Gasteiger partial charge in [0.25, 0.3) is 0 Å². The van der Waals surface area contributed by atoms with E-state index >= 15 is 0 Å². The molecule has 3 amide bonds. The van der Waals surface area contributed by atoms with Crippen LogP contribution in [0.4, 0.5) is 4.79 Å². The smallest absolute Gasteiger partial charge is 0.328 e. The first-order valence-corrected chi connectivity index (χ1v) is 9.24. The molecule has 1 spiro atoms. The molecule has 2 fully saturated rings. The average molecular weight is 358 g/mol. The van der Waals surface area contributed by atoms with Crippen molar-refractivity contribution in [3.05, 3.63) is 29.8 Å². The molecule has 1 N–H and O–H groups in total. The van der Waals surface area contributed by atoms with Gasteiger partial charge in [-0.1, -0.05) is 32.0 Å². The summed E-state index contributed by atoms with van der Waals surface area (Å²) in [6.07, 6.45) is 2.03. The SMILES string of the molecule is CC(C)C[C@@]12CC[C@@]3(Cc4ccccc4O3)[C@]1(O)N(C)C(=O)N(C)C2=O. The van der Waals surface area contributed by atoms with Crippen LogP contribution in [0.5, 0.6) is 5.75 Å². The standard InChI is InChI=1S/C20H26N2O4/c1-13(2)11-18-9-10-19(12-14-7-5-6-8-15(14)26-19)20(18,25)22(4)17(24)21(3)16(18)23/h5-8,13,25H,9-12H2,1-4H3/t18-,19-,20+/m1/s1. The highest BCUT2D eigenvalue weighted by Gasteiger charge is 2.78. The molecule has 3 atom stereocenters. The molecule has 26 heavy (non-hydrogen) atoms. The number of para-hydroxylation sites is 1. The van der Waals surface area contributed by atoms with E-state index in [9.17, 15) is 14.7 Å². The molecule has 2 heterocycles. The zero-order chi connectivity index (χ0) is 18.9. The maximum Gasteiger partial charge on any atom is 0.328 e. The van der Waals surface area contributed by atoms with Crippen molar-refractivity contribution in [1.82, 2.24) is 9.80 Å². The number of carbonyl (C=O) groups excluding carboxylic acids is 2. The van der Waals surface area contributed by atoms with Crippen molar-refractivity contribution in [2.24, 2.45) is 11.3 Å². The number of hydrogen-bond donors (Lipinski definition) is 1. The Kier molecular flexibility index (Phi) is 3.48. The summed E-state index contributed by atoms with van der Waals surface area (Å²) in [6.45, 7) is 4.07. The second-order valence-corrected chi connectivity index (χ2v) is 8.44. The first-order valence-electron chi connectivity index (χ1n) is 9.24. The normalized spacial score (nSPS) is 35.9. The van der Waals surface area contributed by atoms with Crippen molar-refractivity contribution < 1.29 is 19.4 Å². The van der Waals surface area contributed by atoms with Crippen LogP contribution in [0.1, 0.15) is 38.7 Å². The van der Waals surface area contributed by atoms with Crippen LogP contribution in [0.15, 0.2) is 24.3 Å². The van der Waals surface area contributed by atoms with Gasteiger partial charge < -0.3 is 9.84 Å². The lowest BCUT2D eigenvalue weighted by Gasteiger charge is -2.56. The summed E-state index contributed by atoms with van der Waals surface area (Å²) in [6, 6.07) is 7.21. The van der Waals surface area contributed by atoms with Gasteiger partial charge in [0, 0.05) is 20.5 Å².